The van der Waals surface area contributed by atoms with Crippen molar-refractivity contribution in [2.24, 2.45) is 7.05 Å². The van der Waals surface area contributed by atoms with Crippen LogP contribution in [0.15, 0.2) is 30.5 Å². The summed E-state index contributed by atoms with van der Waals surface area (Å²) in [5.74, 6) is 0. The van der Waals surface area contributed by atoms with Crippen LogP contribution in [0.2, 0.25) is 0 Å². The summed E-state index contributed by atoms with van der Waals surface area (Å²) in [4.78, 5) is 0. The van der Waals surface area contributed by atoms with Crippen LogP contribution >= 0.6 is 0 Å². The lowest BCUT2D eigenvalue weighted by atomic mass is 10.1. The molecule has 0 aliphatic heterocycles. The molecule has 0 aliphatic rings. The normalized spacial score (nSPS) is 10.9. The van der Waals surface area contributed by atoms with Crippen LogP contribution in [0, 0.1) is 0 Å². The van der Waals surface area contributed by atoms with E-state index < -0.39 is 0 Å². The van der Waals surface area contributed by atoms with Gasteiger partial charge in [-0.15, -0.1) is 0 Å². The summed E-state index contributed by atoms with van der Waals surface area (Å²) in [5, 5.41) is 1.36. The number of hydrogen-bond donors (Lipinski definition) is 0. The first kappa shape index (κ1) is 8.36. The number of para-hydroxylation sites is 1. The van der Waals surface area contributed by atoms with Crippen LogP contribution in [0.1, 0.15) is 18.9 Å². The summed E-state index contributed by atoms with van der Waals surface area (Å²) in [6, 6.07) is 8.72. The molecule has 0 aliphatic carbocycles. The van der Waals surface area contributed by atoms with Gasteiger partial charge in [0.15, 0.2) is 0 Å². The number of aryl methyl sites for hydroxylation is 2. The van der Waals surface area contributed by atoms with E-state index >= 15 is 0 Å². The van der Waals surface area contributed by atoms with Gasteiger partial charge < -0.3 is 4.57 Å². The van der Waals surface area contributed by atoms with Gasteiger partial charge in [-0.05, 0) is 23.4 Å². The Kier molecular flexibility index (Phi) is 2.09. The molecule has 0 N–H and O–H groups in total. The molecule has 0 fully saturated rings. The zero-order chi connectivity index (χ0) is 9.26. The molecule has 13 heavy (non-hydrogen) atoms. The van der Waals surface area contributed by atoms with Gasteiger partial charge in [0.05, 0.1) is 5.52 Å². The van der Waals surface area contributed by atoms with Crippen LogP contribution in [-0.4, -0.2) is 4.57 Å². The largest absolute Gasteiger partial charge is 0.350 e. The van der Waals surface area contributed by atoms with Crippen molar-refractivity contribution >= 4 is 10.9 Å². The molecule has 68 valence electrons. The summed E-state index contributed by atoms with van der Waals surface area (Å²) in [6.45, 7) is 2.22. The van der Waals surface area contributed by atoms with Crippen LogP contribution < -0.4 is 0 Å². The first-order valence-corrected chi connectivity index (χ1v) is 4.86. The second-order valence-corrected chi connectivity index (χ2v) is 3.53. The molecule has 2 aromatic rings. The molecule has 0 atom stereocenters. The van der Waals surface area contributed by atoms with Crippen LogP contribution in [-0.2, 0) is 13.5 Å². The Balaban J connectivity index is 2.65. The van der Waals surface area contributed by atoms with Gasteiger partial charge in [-0.25, -0.2) is 0 Å². The van der Waals surface area contributed by atoms with Crippen LogP contribution in [0.3, 0.4) is 0 Å². The SMILES string of the molecule is CCCc1cccc2ccn(C)c12. The molecule has 1 heterocycles. The molecule has 0 spiro atoms. The second-order valence-electron chi connectivity index (χ2n) is 3.53. The Bertz CT molecular complexity index is 412. The highest BCUT2D eigenvalue weighted by Gasteiger charge is 2.02. The predicted molar refractivity (Wildman–Crippen MR) is 56.9 cm³/mol. The Hall–Kier alpha value is -1.24. The standard InChI is InChI=1S/C12H15N/c1-3-5-10-6-4-7-11-8-9-13(2)12(10)11/h4,6-9H,3,5H2,1-2H3. The fourth-order valence-corrected chi connectivity index (χ4v) is 1.91. The van der Waals surface area contributed by atoms with Gasteiger partial charge in [0, 0.05) is 13.2 Å². The van der Waals surface area contributed by atoms with Crippen LogP contribution in [0.5, 0.6) is 0 Å². The number of hydrogen-bond acceptors (Lipinski definition) is 0. The summed E-state index contributed by atoms with van der Waals surface area (Å²) in [7, 11) is 2.11. The van der Waals surface area contributed by atoms with Crippen molar-refractivity contribution in [2.45, 2.75) is 19.8 Å². The minimum atomic E-state index is 1.18. The first-order chi connectivity index (χ1) is 6.33. The summed E-state index contributed by atoms with van der Waals surface area (Å²) >= 11 is 0. The lowest BCUT2D eigenvalue weighted by molar-refractivity contribution is 0.903. The summed E-state index contributed by atoms with van der Waals surface area (Å²) in [6.07, 6.45) is 4.52. The molecule has 0 unspecified atom stereocenters. The quantitative estimate of drug-likeness (QED) is 0.657. The molecule has 0 radical (unpaired) electrons. The van der Waals surface area contributed by atoms with Crippen LogP contribution in [0.4, 0.5) is 0 Å². The summed E-state index contributed by atoms with van der Waals surface area (Å²) in [5.41, 5.74) is 2.86. The topological polar surface area (TPSA) is 4.93 Å². The van der Waals surface area contributed by atoms with Gasteiger partial charge in [-0.3, -0.25) is 0 Å². The number of nitrogens with zero attached hydrogens (tertiary/aromatic N) is 1. The van der Waals surface area contributed by atoms with E-state index in [1.807, 2.05) is 0 Å². The fraction of sp³-hybridized carbons (Fsp3) is 0.333. The Labute approximate surface area is 79.0 Å². The number of rotatable bonds is 2. The number of benzene rings is 1. The maximum atomic E-state index is 2.23. The molecule has 0 saturated heterocycles. The molecule has 2 rings (SSSR count). The van der Waals surface area contributed by atoms with E-state index in [1.165, 1.54) is 29.3 Å². The smallest absolute Gasteiger partial charge is 0.0510 e. The molecule has 1 nitrogen and oxygen atoms in total. The lowest BCUT2D eigenvalue weighted by Crippen LogP contribution is -1.91. The summed E-state index contributed by atoms with van der Waals surface area (Å²) < 4.78 is 2.21. The zero-order valence-electron chi connectivity index (χ0n) is 8.25. The van der Waals surface area contributed by atoms with Gasteiger partial charge in [0.1, 0.15) is 0 Å². The third-order valence-electron chi connectivity index (χ3n) is 2.50. The monoisotopic (exact) mass is 173 g/mol. The van der Waals surface area contributed by atoms with Gasteiger partial charge in [-0.1, -0.05) is 31.5 Å². The van der Waals surface area contributed by atoms with Crippen molar-refractivity contribution in [2.75, 3.05) is 0 Å². The molecular weight excluding hydrogens is 158 g/mol. The van der Waals surface area contributed by atoms with Gasteiger partial charge in [-0.2, -0.15) is 0 Å². The first-order valence-electron chi connectivity index (χ1n) is 4.86. The second kappa shape index (κ2) is 3.25. The van der Waals surface area contributed by atoms with Crippen molar-refractivity contribution in [3.8, 4) is 0 Å². The highest BCUT2D eigenvalue weighted by atomic mass is 14.9. The zero-order valence-corrected chi connectivity index (χ0v) is 8.25. The fourth-order valence-electron chi connectivity index (χ4n) is 1.91. The van der Waals surface area contributed by atoms with Crippen molar-refractivity contribution in [3.63, 3.8) is 0 Å². The van der Waals surface area contributed by atoms with E-state index in [2.05, 4.69) is 49.0 Å². The highest BCUT2D eigenvalue weighted by molar-refractivity contribution is 5.83. The molecule has 1 heteroatoms. The molecular formula is C12H15N. The number of aromatic nitrogens is 1. The van der Waals surface area contributed by atoms with E-state index in [4.69, 9.17) is 0 Å². The molecule has 0 bridgehead atoms. The van der Waals surface area contributed by atoms with Crippen molar-refractivity contribution in [1.29, 1.82) is 0 Å². The van der Waals surface area contributed by atoms with Crippen LogP contribution in [0.25, 0.3) is 10.9 Å². The number of fused-ring (bicyclic) bond motifs is 1. The minimum absolute atomic E-state index is 1.18. The molecule has 0 saturated carbocycles. The third-order valence-corrected chi connectivity index (χ3v) is 2.50. The van der Waals surface area contributed by atoms with E-state index in [0.717, 1.165) is 0 Å². The molecule has 0 amide bonds. The van der Waals surface area contributed by atoms with Gasteiger partial charge >= 0.3 is 0 Å². The van der Waals surface area contributed by atoms with E-state index in [-0.39, 0.29) is 0 Å². The average molecular weight is 173 g/mol. The van der Waals surface area contributed by atoms with Crippen molar-refractivity contribution in [1.82, 2.24) is 4.57 Å². The average Bonchev–Trinajstić information content (AvgIpc) is 2.50. The highest BCUT2D eigenvalue weighted by Crippen LogP contribution is 2.20. The molecule has 1 aromatic heterocycles. The lowest BCUT2D eigenvalue weighted by Gasteiger charge is -2.03. The Morgan fingerprint density at radius 2 is 2.08 bits per heavy atom. The van der Waals surface area contributed by atoms with E-state index in [0.29, 0.717) is 0 Å². The third kappa shape index (κ3) is 1.35. The van der Waals surface area contributed by atoms with Gasteiger partial charge in [0.2, 0.25) is 0 Å². The van der Waals surface area contributed by atoms with E-state index in [1.54, 1.807) is 0 Å². The van der Waals surface area contributed by atoms with Crippen molar-refractivity contribution < 1.29 is 0 Å². The Morgan fingerprint density at radius 1 is 1.23 bits per heavy atom. The Morgan fingerprint density at radius 3 is 2.85 bits per heavy atom. The molecule has 1 aromatic carbocycles. The maximum absolute atomic E-state index is 2.23. The maximum Gasteiger partial charge on any atom is 0.0510 e. The minimum Gasteiger partial charge on any atom is -0.350 e. The predicted octanol–water partition coefficient (Wildman–Crippen LogP) is 3.13. The van der Waals surface area contributed by atoms with Crippen molar-refractivity contribution in [3.05, 3.63) is 36.0 Å². The van der Waals surface area contributed by atoms with Gasteiger partial charge in [0.25, 0.3) is 0 Å². The van der Waals surface area contributed by atoms with E-state index in [9.17, 15) is 0 Å².